The number of piperidine rings is 2. The zero-order chi connectivity index (χ0) is 20.5. The van der Waals surface area contributed by atoms with E-state index in [1.807, 2.05) is 11.8 Å². The summed E-state index contributed by atoms with van der Waals surface area (Å²) < 4.78 is 43.1. The third-order valence-corrected chi connectivity index (χ3v) is 5.66. The molecule has 0 unspecified atom stereocenters. The van der Waals surface area contributed by atoms with Crippen molar-refractivity contribution in [2.24, 2.45) is 0 Å². The number of hydrogen-bond donors (Lipinski definition) is 2. The van der Waals surface area contributed by atoms with Crippen LogP contribution < -0.4 is 0 Å². The van der Waals surface area contributed by atoms with Gasteiger partial charge in [-0.15, -0.1) is 0 Å². The van der Waals surface area contributed by atoms with Crippen LogP contribution in [0.4, 0.5) is 0 Å². The lowest BCUT2D eigenvalue weighted by atomic mass is 10.1. The summed E-state index contributed by atoms with van der Waals surface area (Å²) in [5, 5.41) is 0. The average Bonchev–Trinajstić information content (AvgIpc) is 2.66. The van der Waals surface area contributed by atoms with Gasteiger partial charge in [0.05, 0.1) is 26.4 Å². The van der Waals surface area contributed by atoms with Crippen LogP contribution in [0.25, 0.3) is 0 Å². The summed E-state index contributed by atoms with van der Waals surface area (Å²) in [6, 6.07) is 0. The first-order valence-corrected chi connectivity index (χ1v) is 12.9. The van der Waals surface area contributed by atoms with Gasteiger partial charge in [0.2, 0.25) is 0 Å². The van der Waals surface area contributed by atoms with Crippen molar-refractivity contribution < 1.29 is 27.0 Å². The van der Waals surface area contributed by atoms with Gasteiger partial charge < -0.3 is 19.3 Å². The highest BCUT2D eigenvalue weighted by molar-refractivity contribution is 7.99. The summed E-state index contributed by atoms with van der Waals surface area (Å²) in [7, 11) is -4.67. The molecule has 0 amide bonds. The van der Waals surface area contributed by atoms with Crippen LogP contribution in [0.15, 0.2) is 0 Å². The Morgan fingerprint density at radius 2 is 1.04 bits per heavy atom. The molecule has 2 rings (SSSR count). The molecule has 2 heterocycles. The minimum absolute atomic E-state index is 0.881. The molecule has 168 valence electrons. The summed E-state index contributed by atoms with van der Waals surface area (Å²) >= 11 is 1.95. The van der Waals surface area contributed by atoms with Crippen molar-refractivity contribution in [2.45, 2.75) is 38.5 Å². The smallest absolute Gasteiger partial charge is 0.379 e. The molecule has 2 fully saturated rings. The van der Waals surface area contributed by atoms with Crippen LogP contribution in [0.3, 0.4) is 0 Å². The maximum Gasteiger partial charge on any atom is 0.394 e. The Bertz CT molecular complexity index is 421. The number of likely N-dealkylation sites (tertiary alicyclic amines) is 2. The normalized spacial score (nSPS) is 19.2. The number of rotatable bonds is 12. The minimum atomic E-state index is -4.67. The van der Waals surface area contributed by atoms with Gasteiger partial charge in [-0.2, -0.15) is 20.2 Å². The van der Waals surface area contributed by atoms with Crippen molar-refractivity contribution in [3.8, 4) is 0 Å². The van der Waals surface area contributed by atoms with Crippen LogP contribution in [0.2, 0.25) is 0 Å². The van der Waals surface area contributed by atoms with Gasteiger partial charge in [-0.1, -0.05) is 12.8 Å². The zero-order valence-corrected chi connectivity index (χ0v) is 18.6. The first-order chi connectivity index (χ1) is 13.4. The quantitative estimate of drug-likeness (QED) is 0.347. The first kappa shape index (κ1) is 26.1. The molecule has 2 saturated heterocycles. The Labute approximate surface area is 174 Å². The standard InChI is InChI=1S/C18H36N2O2S.H2O4S/c1-3-7-19(8-4-1)11-13-21-15-17-23-18-16-22-14-12-20-9-5-2-6-10-20;1-5(2,3)4/h1-18H2;(H2,1,2,3,4). The van der Waals surface area contributed by atoms with E-state index in [1.54, 1.807) is 0 Å². The van der Waals surface area contributed by atoms with E-state index in [0.29, 0.717) is 0 Å². The van der Waals surface area contributed by atoms with E-state index in [9.17, 15) is 0 Å². The molecule has 0 aromatic carbocycles. The van der Waals surface area contributed by atoms with Crippen LogP contribution >= 0.6 is 11.8 Å². The predicted molar refractivity (Wildman–Crippen MR) is 114 cm³/mol. The number of ether oxygens (including phenoxy) is 2. The Hall–Kier alpha value is 0.0600. The summed E-state index contributed by atoms with van der Waals surface area (Å²) in [6.07, 6.45) is 8.30. The first-order valence-electron chi connectivity index (χ1n) is 10.3. The fraction of sp³-hybridized carbons (Fsp3) is 1.00. The molecule has 0 aromatic rings. The predicted octanol–water partition coefficient (Wildman–Crippen LogP) is 2.07. The lowest BCUT2D eigenvalue weighted by Gasteiger charge is -2.26. The maximum absolute atomic E-state index is 8.74. The Morgan fingerprint density at radius 3 is 1.39 bits per heavy atom. The molecule has 28 heavy (non-hydrogen) atoms. The highest BCUT2D eigenvalue weighted by Crippen LogP contribution is 2.08. The van der Waals surface area contributed by atoms with E-state index in [4.69, 9.17) is 27.0 Å². The van der Waals surface area contributed by atoms with Crippen molar-refractivity contribution in [1.29, 1.82) is 0 Å². The number of nitrogens with zero attached hydrogens (tertiary/aromatic N) is 2. The van der Waals surface area contributed by atoms with Crippen LogP contribution in [-0.4, -0.2) is 105 Å². The number of thioether (sulfide) groups is 1. The Morgan fingerprint density at radius 1 is 0.679 bits per heavy atom. The molecule has 2 aliphatic rings. The fourth-order valence-corrected chi connectivity index (χ4v) is 3.97. The maximum atomic E-state index is 8.74. The van der Waals surface area contributed by atoms with E-state index < -0.39 is 10.4 Å². The summed E-state index contributed by atoms with van der Waals surface area (Å²) in [6.45, 7) is 10.9. The minimum Gasteiger partial charge on any atom is -0.379 e. The molecule has 0 aliphatic carbocycles. The lowest BCUT2D eigenvalue weighted by molar-refractivity contribution is 0.105. The Kier molecular flexibility index (Phi) is 15.7. The van der Waals surface area contributed by atoms with E-state index >= 15 is 0 Å². The fourth-order valence-electron chi connectivity index (χ4n) is 3.30. The van der Waals surface area contributed by atoms with Gasteiger partial charge in [0.1, 0.15) is 0 Å². The zero-order valence-electron chi connectivity index (χ0n) is 17.0. The third kappa shape index (κ3) is 18.1. The average molecular weight is 443 g/mol. The van der Waals surface area contributed by atoms with Crippen molar-refractivity contribution in [3.63, 3.8) is 0 Å². The second-order valence-corrected chi connectivity index (χ2v) is 9.21. The summed E-state index contributed by atoms with van der Waals surface area (Å²) in [5.74, 6) is 2.19. The van der Waals surface area contributed by atoms with E-state index in [1.165, 1.54) is 64.7 Å². The van der Waals surface area contributed by atoms with Crippen molar-refractivity contribution in [2.75, 3.05) is 77.2 Å². The largest absolute Gasteiger partial charge is 0.394 e. The molecule has 10 heteroatoms. The second-order valence-electron chi connectivity index (χ2n) is 7.09. The van der Waals surface area contributed by atoms with Gasteiger partial charge in [0, 0.05) is 24.6 Å². The molecule has 0 spiro atoms. The molecule has 0 radical (unpaired) electrons. The lowest BCUT2D eigenvalue weighted by Crippen LogP contribution is -2.32. The Balaban J connectivity index is 0.000000696. The van der Waals surface area contributed by atoms with Gasteiger partial charge in [-0.3, -0.25) is 9.11 Å². The van der Waals surface area contributed by atoms with Crippen LogP contribution in [0.1, 0.15) is 38.5 Å². The molecular weight excluding hydrogens is 404 g/mol. The molecule has 8 nitrogen and oxygen atoms in total. The van der Waals surface area contributed by atoms with E-state index in [2.05, 4.69) is 9.80 Å². The topological polar surface area (TPSA) is 99.5 Å². The van der Waals surface area contributed by atoms with E-state index in [0.717, 1.165) is 51.0 Å². The van der Waals surface area contributed by atoms with Crippen molar-refractivity contribution in [1.82, 2.24) is 9.80 Å². The van der Waals surface area contributed by atoms with Crippen molar-refractivity contribution >= 4 is 22.2 Å². The molecule has 2 N–H and O–H groups in total. The van der Waals surface area contributed by atoms with Gasteiger partial charge in [-0.05, 0) is 51.9 Å². The summed E-state index contributed by atoms with van der Waals surface area (Å²) in [5.41, 5.74) is 0. The van der Waals surface area contributed by atoms with Gasteiger partial charge in [-0.25, -0.2) is 0 Å². The van der Waals surface area contributed by atoms with Gasteiger partial charge in [0.15, 0.2) is 0 Å². The third-order valence-electron chi connectivity index (χ3n) is 4.75. The highest BCUT2D eigenvalue weighted by atomic mass is 32.3. The van der Waals surface area contributed by atoms with Crippen LogP contribution in [0, 0.1) is 0 Å². The summed E-state index contributed by atoms with van der Waals surface area (Å²) in [4.78, 5) is 5.07. The van der Waals surface area contributed by atoms with E-state index in [-0.39, 0.29) is 0 Å². The molecule has 0 bridgehead atoms. The van der Waals surface area contributed by atoms with Gasteiger partial charge in [0.25, 0.3) is 0 Å². The SMILES string of the molecule is C1CCN(CCOCCSCCOCCN2CCCCC2)CC1.O=S(=O)(O)O. The molecule has 2 aliphatic heterocycles. The molecule has 0 saturated carbocycles. The molecular formula is C18H38N2O6S2. The molecule has 0 atom stereocenters. The highest BCUT2D eigenvalue weighted by Gasteiger charge is 2.09. The molecule has 0 aromatic heterocycles. The van der Waals surface area contributed by atoms with Crippen LogP contribution in [-0.2, 0) is 19.9 Å². The monoisotopic (exact) mass is 442 g/mol. The van der Waals surface area contributed by atoms with Gasteiger partial charge >= 0.3 is 10.4 Å². The number of hydrogen-bond acceptors (Lipinski definition) is 7. The van der Waals surface area contributed by atoms with Crippen LogP contribution in [0.5, 0.6) is 0 Å². The second kappa shape index (κ2) is 16.8. The van der Waals surface area contributed by atoms with Crippen molar-refractivity contribution in [3.05, 3.63) is 0 Å².